The number of rotatable bonds is 5. The summed E-state index contributed by atoms with van der Waals surface area (Å²) in [7, 11) is 1.63. The number of β-lactam (4-membered cyclic amide) rings is 1. The second-order valence-electron chi connectivity index (χ2n) is 4.86. The minimum atomic E-state index is 0.0971. The zero-order chi connectivity index (χ0) is 13.8. The number of ether oxygens (including phenoxy) is 1. The van der Waals surface area contributed by atoms with Crippen molar-refractivity contribution >= 4 is 11.6 Å². The second-order valence-corrected chi connectivity index (χ2v) is 4.86. The van der Waals surface area contributed by atoms with E-state index in [1.165, 1.54) is 0 Å². The number of amides is 1. The molecule has 0 saturated carbocycles. The Morgan fingerprint density at radius 1 is 1.37 bits per heavy atom. The van der Waals surface area contributed by atoms with E-state index in [1.807, 2.05) is 36.1 Å². The van der Waals surface area contributed by atoms with Crippen molar-refractivity contribution in [3.8, 4) is 18.1 Å². The first kappa shape index (κ1) is 13.5. The van der Waals surface area contributed by atoms with Gasteiger partial charge in [0.05, 0.1) is 13.0 Å². The average Bonchev–Trinajstić information content (AvgIpc) is 2.46. The van der Waals surface area contributed by atoms with Crippen LogP contribution in [-0.2, 0) is 4.79 Å². The lowest BCUT2D eigenvalue weighted by atomic mass is 9.85. The molecule has 2 atom stereocenters. The molecule has 2 rings (SSSR count). The van der Waals surface area contributed by atoms with Crippen LogP contribution in [0.25, 0.3) is 0 Å². The van der Waals surface area contributed by atoms with Gasteiger partial charge in [0.1, 0.15) is 5.75 Å². The minimum Gasteiger partial charge on any atom is -0.497 e. The summed E-state index contributed by atoms with van der Waals surface area (Å²) < 4.78 is 5.13. The van der Waals surface area contributed by atoms with Crippen molar-refractivity contribution in [2.24, 2.45) is 5.92 Å². The molecule has 100 valence electrons. The van der Waals surface area contributed by atoms with E-state index in [9.17, 15) is 4.79 Å². The normalized spacial score (nSPS) is 21.7. The number of benzene rings is 1. The Morgan fingerprint density at radius 3 is 2.63 bits per heavy atom. The maximum absolute atomic E-state index is 12.0. The molecule has 0 spiro atoms. The summed E-state index contributed by atoms with van der Waals surface area (Å²) in [5.74, 6) is 3.73. The van der Waals surface area contributed by atoms with E-state index in [0.29, 0.717) is 0 Å². The monoisotopic (exact) mass is 257 g/mol. The van der Waals surface area contributed by atoms with Gasteiger partial charge in [-0.1, -0.05) is 6.92 Å². The van der Waals surface area contributed by atoms with E-state index in [2.05, 4.69) is 5.92 Å². The van der Waals surface area contributed by atoms with Crippen LogP contribution in [0.3, 0.4) is 0 Å². The van der Waals surface area contributed by atoms with Crippen LogP contribution in [0.1, 0.15) is 26.2 Å². The van der Waals surface area contributed by atoms with E-state index in [0.717, 1.165) is 30.7 Å². The fraction of sp³-hybridized carbons (Fsp3) is 0.438. The van der Waals surface area contributed by atoms with Crippen LogP contribution in [0.15, 0.2) is 24.3 Å². The van der Waals surface area contributed by atoms with Crippen LogP contribution in [0, 0.1) is 18.3 Å². The van der Waals surface area contributed by atoms with Crippen LogP contribution in [0.4, 0.5) is 5.69 Å². The van der Waals surface area contributed by atoms with Crippen LogP contribution in [0.2, 0.25) is 0 Å². The molecular formula is C16H19NO2. The highest BCUT2D eigenvalue weighted by atomic mass is 16.5. The van der Waals surface area contributed by atoms with Gasteiger partial charge in [0.15, 0.2) is 0 Å². The van der Waals surface area contributed by atoms with Gasteiger partial charge in [-0.25, -0.2) is 0 Å². The summed E-state index contributed by atoms with van der Waals surface area (Å²) in [6.45, 7) is 1.99. The standard InChI is InChI=1S/C16H19NO2/c1-4-5-6-7-15-12(2)16(18)17(15)13-8-10-14(19-3)11-9-13/h1,8-12,15H,5-7H2,2-3H3/t12-,15-/m0/s1. The third kappa shape index (κ3) is 2.58. The maximum atomic E-state index is 12.0. The van der Waals surface area contributed by atoms with E-state index >= 15 is 0 Å². The van der Waals surface area contributed by atoms with E-state index in [-0.39, 0.29) is 17.9 Å². The zero-order valence-electron chi connectivity index (χ0n) is 11.4. The maximum Gasteiger partial charge on any atom is 0.232 e. The molecule has 3 heteroatoms. The number of carbonyl (C=O) groups excluding carboxylic acids is 1. The Labute approximate surface area is 114 Å². The average molecular weight is 257 g/mol. The van der Waals surface area contributed by atoms with Gasteiger partial charge in [0, 0.05) is 18.2 Å². The van der Waals surface area contributed by atoms with E-state index in [4.69, 9.17) is 11.2 Å². The highest BCUT2D eigenvalue weighted by Crippen LogP contribution is 2.35. The molecule has 0 aromatic heterocycles. The van der Waals surface area contributed by atoms with Crippen molar-refractivity contribution in [2.45, 2.75) is 32.2 Å². The van der Waals surface area contributed by atoms with E-state index < -0.39 is 0 Å². The lowest BCUT2D eigenvalue weighted by Gasteiger charge is -2.46. The lowest BCUT2D eigenvalue weighted by Crippen LogP contribution is -2.60. The summed E-state index contributed by atoms with van der Waals surface area (Å²) in [5, 5.41) is 0. The fourth-order valence-corrected chi connectivity index (χ4v) is 2.54. The molecule has 1 amide bonds. The first-order chi connectivity index (χ1) is 9.19. The van der Waals surface area contributed by atoms with Crippen molar-refractivity contribution in [3.05, 3.63) is 24.3 Å². The number of hydrogen-bond donors (Lipinski definition) is 0. The first-order valence-electron chi connectivity index (χ1n) is 6.59. The molecule has 1 aromatic carbocycles. The van der Waals surface area contributed by atoms with Crippen LogP contribution < -0.4 is 9.64 Å². The van der Waals surface area contributed by atoms with Gasteiger partial charge in [-0.15, -0.1) is 12.3 Å². The van der Waals surface area contributed by atoms with Gasteiger partial charge in [-0.3, -0.25) is 4.79 Å². The van der Waals surface area contributed by atoms with Crippen LogP contribution in [-0.4, -0.2) is 19.1 Å². The summed E-state index contributed by atoms with van der Waals surface area (Å²) in [6, 6.07) is 7.89. The van der Waals surface area contributed by atoms with Crippen molar-refractivity contribution in [1.82, 2.24) is 0 Å². The molecule has 0 aliphatic carbocycles. The summed E-state index contributed by atoms with van der Waals surface area (Å²) in [5.41, 5.74) is 0.939. The largest absolute Gasteiger partial charge is 0.497 e. The third-order valence-corrected chi connectivity index (χ3v) is 3.71. The number of methoxy groups -OCH3 is 1. The molecule has 1 aliphatic heterocycles. The Morgan fingerprint density at radius 2 is 2.05 bits per heavy atom. The van der Waals surface area contributed by atoms with E-state index in [1.54, 1.807) is 7.11 Å². The highest BCUT2D eigenvalue weighted by molar-refractivity contribution is 6.02. The molecule has 0 radical (unpaired) electrons. The topological polar surface area (TPSA) is 29.5 Å². The van der Waals surface area contributed by atoms with Crippen LogP contribution >= 0.6 is 0 Å². The Kier molecular flexibility index (Phi) is 4.11. The number of unbranched alkanes of at least 4 members (excludes halogenated alkanes) is 1. The molecule has 0 unspecified atom stereocenters. The minimum absolute atomic E-state index is 0.0971. The van der Waals surface area contributed by atoms with Crippen LogP contribution in [0.5, 0.6) is 5.75 Å². The van der Waals surface area contributed by atoms with Crippen molar-refractivity contribution in [1.29, 1.82) is 0 Å². The lowest BCUT2D eigenvalue weighted by molar-refractivity contribution is -0.129. The van der Waals surface area contributed by atoms with Gasteiger partial charge in [-0.05, 0) is 37.1 Å². The molecule has 1 aliphatic rings. The number of carbonyl (C=O) groups is 1. The highest BCUT2D eigenvalue weighted by Gasteiger charge is 2.44. The molecule has 1 heterocycles. The first-order valence-corrected chi connectivity index (χ1v) is 6.59. The van der Waals surface area contributed by atoms with Gasteiger partial charge in [0.25, 0.3) is 0 Å². The quantitative estimate of drug-likeness (QED) is 0.461. The number of nitrogens with zero attached hydrogens (tertiary/aromatic N) is 1. The summed E-state index contributed by atoms with van der Waals surface area (Å²) in [6.07, 6.45) is 7.97. The number of terminal acetylenes is 1. The zero-order valence-corrected chi connectivity index (χ0v) is 11.4. The molecule has 19 heavy (non-hydrogen) atoms. The predicted octanol–water partition coefficient (Wildman–Crippen LogP) is 2.85. The number of hydrogen-bond acceptors (Lipinski definition) is 2. The van der Waals surface area contributed by atoms with Gasteiger partial charge < -0.3 is 9.64 Å². The van der Waals surface area contributed by atoms with Crippen molar-refractivity contribution in [3.63, 3.8) is 0 Å². The molecule has 3 nitrogen and oxygen atoms in total. The van der Waals surface area contributed by atoms with Gasteiger partial charge in [-0.2, -0.15) is 0 Å². The van der Waals surface area contributed by atoms with Crippen molar-refractivity contribution in [2.75, 3.05) is 12.0 Å². The molecule has 0 bridgehead atoms. The predicted molar refractivity (Wildman–Crippen MR) is 76.1 cm³/mol. The third-order valence-electron chi connectivity index (χ3n) is 3.71. The van der Waals surface area contributed by atoms with Gasteiger partial charge in [0.2, 0.25) is 5.91 Å². The summed E-state index contributed by atoms with van der Waals surface area (Å²) in [4.78, 5) is 13.9. The Hall–Kier alpha value is -1.95. The van der Waals surface area contributed by atoms with Gasteiger partial charge >= 0.3 is 0 Å². The van der Waals surface area contributed by atoms with Crippen molar-refractivity contribution < 1.29 is 9.53 Å². The molecular weight excluding hydrogens is 238 g/mol. The Balaban J connectivity index is 2.08. The molecule has 0 N–H and O–H groups in total. The smallest absolute Gasteiger partial charge is 0.232 e. The summed E-state index contributed by atoms with van der Waals surface area (Å²) >= 11 is 0. The fourth-order valence-electron chi connectivity index (χ4n) is 2.54. The Bertz CT molecular complexity index is 486. The molecule has 1 fully saturated rings. The SMILES string of the molecule is C#CCCC[C@H]1[C@H](C)C(=O)N1c1ccc(OC)cc1. The number of anilines is 1. The second kappa shape index (κ2) is 5.79. The molecule has 1 aromatic rings. The molecule has 1 saturated heterocycles.